The van der Waals surface area contributed by atoms with Gasteiger partial charge in [-0.05, 0) is 36.7 Å². The molecule has 2 aliphatic rings. The number of rotatable bonds is 3. The second kappa shape index (κ2) is 5.60. The molecular formula is C19H18N2O2S. The summed E-state index contributed by atoms with van der Waals surface area (Å²) in [6.45, 7) is 0. The summed E-state index contributed by atoms with van der Waals surface area (Å²) in [5.41, 5.74) is 2.17. The van der Waals surface area contributed by atoms with Gasteiger partial charge in [0.1, 0.15) is 6.10 Å². The molecular weight excluding hydrogens is 320 g/mol. The van der Waals surface area contributed by atoms with E-state index in [1.54, 1.807) is 11.9 Å². The van der Waals surface area contributed by atoms with Crippen LogP contribution in [0.2, 0.25) is 0 Å². The lowest BCUT2D eigenvalue weighted by atomic mass is 9.83. The van der Waals surface area contributed by atoms with Gasteiger partial charge in [-0.25, -0.2) is 0 Å². The van der Waals surface area contributed by atoms with Crippen LogP contribution in [0.1, 0.15) is 17.5 Å². The zero-order valence-electron chi connectivity index (χ0n) is 13.4. The first-order valence-electron chi connectivity index (χ1n) is 8.03. The molecule has 2 aromatic carbocycles. The number of benzene rings is 2. The highest BCUT2D eigenvalue weighted by Crippen LogP contribution is 2.45. The highest BCUT2D eigenvalue weighted by Gasteiger charge is 2.60. The Morgan fingerprint density at radius 3 is 2.67 bits per heavy atom. The SMILES string of the molecule is CN1C(=O)[C@@]2(NC(=S)O[C@H]2CCc2ccccc2)c2ccccc21. The maximum Gasteiger partial charge on any atom is 0.261 e. The molecule has 0 aliphatic carbocycles. The van der Waals surface area contributed by atoms with Crippen molar-refractivity contribution in [3.8, 4) is 0 Å². The lowest BCUT2D eigenvalue weighted by Crippen LogP contribution is -2.53. The van der Waals surface area contributed by atoms with Crippen LogP contribution < -0.4 is 10.2 Å². The molecule has 24 heavy (non-hydrogen) atoms. The van der Waals surface area contributed by atoms with Gasteiger partial charge in [0.2, 0.25) is 0 Å². The largest absolute Gasteiger partial charge is 0.464 e. The quantitative estimate of drug-likeness (QED) is 0.874. The summed E-state index contributed by atoms with van der Waals surface area (Å²) in [6.07, 6.45) is 1.23. The van der Waals surface area contributed by atoms with Crippen molar-refractivity contribution < 1.29 is 9.53 Å². The standard InChI is InChI=1S/C19H18N2O2S/c1-21-15-10-6-5-9-14(15)19(17(21)22)16(23-18(24)20-19)12-11-13-7-3-2-4-8-13/h2-10,16H,11-12H2,1H3,(H,20,24)/t16-,19+/m0/s1. The van der Waals surface area contributed by atoms with E-state index in [1.165, 1.54) is 5.56 Å². The van der Waals surface area contributed by atoms with Crippen molar-refractivity contribution in [3.05, 3.63) is 65.7 Å². The van der Waals surface area contributed by atoms with Crippen molar-refractivity contribution in [3.63, 3.8) is 0 Å². The van der Waals surface area contributed by atoms with Gasteiger partial charge >= 0.3 is 0 Å². The Labute approximate surface area is 146 Å². The minimum absolute atomic E-state index is 0.0124. The highest BCUT2D eigenvalue weighted by molar-refractivity contribution is 7.80. The number of fused-ring (bicyclic) bond motifs is 2. The normalized spacial score (nSPS) is 24.9. The molecule has 2 aromatic rings. The van der Waals surface area contributed by atoms with E-state index in [2.05, 4.69) is 17.4 Å². The van der Waals surface area contributed by atoms with Crippen molar-refractivity contribution in [1.82, 2.24) is 5.32 Å². The first kappa shape index (κ1) is 15.1. The minimum Gasteiger partial charge on any atom is -0.464 e. The van der Waals surface area contributed by atoms with E-state index in [0.29, 0.717) is 11.6 Å². The van der Waals surface area contributed by atoms with Gasteiger partial charge in [-0.1, -0.05) is 48.5 Å². The molecule has 2 atom stereocenters. The number of para-hydroxylation sites is 1. The van der Waals surface area contributed by atoms with Crippen molar-refractivity contribution in [2.45, 2.75) is 24.5 Å². The van der Waals surface area contributed by atoms with E-state index in [0.717, 1.165) is 17.7 Å². The van der Waals surface area contributed by atoms with Crippen LogP contribution in [0.25, 0.3) is 0 Å². The van der Waals surface area contributed by atoms with E-state index in [4.69, 9.17) is 17.0 Å². The highest BCUT2D eigenvalue weighted by atomic mass is 32.1. The second-order valence-electron chi connectivity index (χ2n) is 6.23. The number of amides is 1. The van der Waals surface area contributed by atoms with Gasteiger partial charge < -0.3 is 15.0 Å². The fraction of sp³-hybridized carbons (Fsp3) is 0.263. The number of likely N-dealkylation sites (N-methyl/N-ethyl adjacent to an activating group) is 1. The average Bonchev–Trinajstić information content (AvgIpc) is 3.06. The molecule has 5 heteroatoms. The summed E-state index contributed by atoms with van der Waals surface area (Å²) in [7, 11) is 1.80. The van der Waals surface area contributed by atoms with Gasteiger partial charge in [-0.2, -0.15) is 0 Å². The van der Waals surface area contributed by atoms with Crippen LogP contribution in [0.4, 0.5) is 5.69 Å². The van der Waals surface area contributed by atoms with E-state index < -0.39 is 5.54 Å². The number of ether oxygens (including phenoxy) is 1. The number of carbonyl (C=O) groups is 1. The Morgan fingerprint density at radius 2 is 1.88 bits per heavy atom. The molecule has 2 aliphatic heterocycles. The smallest absolute Gasteiger partial charge is 0.261 e. The Balaban J connectivity index is 1.70. The number of thiocarbonyl (C=S) groups is 1. The van der Waals surface area contributed by atoms with Crippen molar-refractivity contribution in [2.24, 2.45) is 0 Å². The molecule has 1 N–H and O–H groups in total. The molecule has 1 spiro atoms. The number of hydrogen-bond acceptors (Lipinski definition) is 3. The molecule has 4 nitrogen and oxygen atoms in total. The fourth-order valence-electron chi connectivity index (χ4n) is 3.73. The Kier molecular flexibility index (Phi) is 3.53. The third-order valence-corrected chi connectivity index (χ3v) is 5.10. The summed E-state index contributed by atoms with van der Waals surface area (Å²) in [4.78, 5) is 14.8. The molecule has 1 saturated heterocycles. The summed E-state index contributed by atoms with van der Waals surface area (Å²) in [5, 5.41) is 3.47. The fourth-order valence-corrected chi connectivity index (χ4v) is 4.00. The summed E-state index contributed by atoms with van der Waals surface area (Å²) >= 11 is 5.25. The molecule has 4 rings (SSSR count). The number of nitrogens with one attached hydrogen (secondary N) is 1. The first-order valence-corrected chi connectivity index (χ1v) is 8.44. The number of nitrogens with zero attached hydrogens (tertiary/aromatic N) is 1. The Bertz CT molecular complexity index is 808. The molecule has 1 fully saturated rings. The third-order valence-electron chi connectivity index (χ3n) is 4.90. The van der Waals surface area contributed by atoms with Gasteiger partial charge in [0.05, 0.1) is 0 Å². The molecule has 0 aromatic heterocycles. The molecule has 0 unspecified atom stereocenters. The predicted octanol–water partition coefficient (Wildman–Crippen LogP) is 2.76. The number of anilines is 1. The second-order valence-corrected chi connectivity index (χ2v) is 6.60. The van der Waals surface area contributed by atoms with Crippen LogP contribution >= 0.6 is 12.2 Å². The topological polar surface area (TPSA) is 41.6 Å². The van der Waals surface area contributed by atoms with Crippen LogP contribution in [0.15, 0.2) is 54.6 Å². The van der Waals surface area contributed by atoms with Gasteiger partial charge in [0.25, 0.3) is 11.1 Å². The predicted molar refractivity (Wildman–Crippen MR) is 96.9 cm³/mol. The first-order chi connectivity index (χ1) is 11.6. The van der Waals surface area contributed by atoms with Gasteiger partial charge in [0.15, 0.2) is 5.54 Å². The maximum absolute atomic E-state index is 13.1. The molecule has 122 valence electrons. The van der Waals surface area contributed by atoms with Crippen LogP contribution in [0.3, 0.4) is 0 Å². The van der Waals surface area contributed by atoms with Crippen LogP contribution in [-0.2, 0) is 21.5 Å². The summed E-state index contributed by atoms with van der Waals surface area (Å²) < 4.78 is 5.87. The maximum atomic E-state index is 13.1. The monoisotopic (exact) mass is 338 g/mol. The van der Waals surface area contributed by atoms with Crippen LogP contribution in [0.5, 0.6) is 0 Å². The van der Waals surface area contributed by atoms with Gasteiger partial charge in [0, 0.05) is 18.3 Å². The molecule has 0 bridgehead atoms. The van der Waals surface area contributed by atoms with E-state index in [9.17, 15) is 4.79 Å². The van der Waals surface area contributed by atoms with Crippen molar-refractivity contribution >= 4 is 29.0 Å². The minimum atomic E-state index is -0.906. The van der Waals surface area contributed by atoms with Crippen molar-refractivity contribution in [1.29, 1.82) is 0 Å². The van der Waals surface area contributed by atoms with E-state index in [1.807, 2.05) is 42.5 Å². The van der Waals surface area contributed by atoms with Crippen LogP contribution in [0, 0.1) is 0 Å². The lowest BCUT2D eigenvalue weighted by molar-refractivity contribution is -0.125. The summed E-state index contributed by atoms with van der Waals surface area (Å²) in [5.74, 6) is -0.0124. The van der Waals surface area contributed by atoms with Crippen LogP contribution in [-0.4, -0.2) is 24.2 Å². The Morgan fingerprint density at radius 1 is 1.17 bits per heavy atom. The number of hydrogen-bond donors (Lipinski definition) is 1. The molecule has 0 saturated carbocycles. The number of carbonyl (C=O) groups excluding carboxylic acids is 1. The zero-order chi connectivity index (χ0) is 16.7. The van der Waals surface area contributed by atoms with E-state index in [-0.39, 0.29) is 12.0 Å². The van der Waals surface area contributed by atoms with Gasteiger partial charge in [-0.15, -0.1) is 0 Å². The molecule has 1 amide bonds. The van der Waals surface area contributed by atoms with Crippen molar-refractivity contribution in [2.75, 3.05) is 11.9 Å². The molecule has 0 radical (unpaired) electrons. The zero-order valence-corrected chi connectivity index (χ0v) is 14.2. The number of aryl methyl sites for hydroxylation is 1. The summed E-state index contributed by atoms with van der Waals surface area (Å²) in [6, 6.07) is 18.0. The third kappa shape index (κ3) is 2.12. The average molecular weight is 338 g/mol. The lowest BCUT2D eigenvalue weighted by Gasteiger charge is -2.27. The van der Waals surface area contributed by atoms with Gasteiger partial charge in [-0.3, -0.25) is 4.79 Å². The Hall–Kier alpha value is -2.40. The van der Waals surface area contributed by atoms with E-state index >= 15 is 0 Å². The molecule has 2 heterocycles.